The highest BCUT2D eigenvalue weighted by Crippen LogP contribution is 2.53. The molecule has 5 rings (SSSR count). The van der Waals surface area contributed by atoms with Crippen LogP contribution >= 0.6 is 0 Å². The molecule has 2 aromatic rings. The third-order valence-corrected chi connectivity index (χ3v) is 6.85. The number of ether oxygens (including phenoxy) is 3. The molecule has 0 radical (unpaired) electrons. The lowest BCUT2D eigenvalue weighted by Gasteiger charge is -2.28. The van der Waals surface area contributed by atoms with Crippen LogP contribution in [0.25, 0.3) is 0 Å². The van der Waals surface area contributed by atoms with Crippen LogP contribution < -0.4 is 14.8 Å². The number of likely N-dealkylation sites (tertiary alicyclic amines) is 1. The molecule has 1 N–H and O–H groups in total. The molecule has 2 aromatic carbocycles. The molecule has 2 saturated heterocycles. The zero-order chi connectivity index (χ0) is 25.0. The van der Waals surface area contributed by atoms with Crippen LogP contribution in [-0.2, 0) is 14.3 Å². The molecule has 0 aliphatic carbocycles. The largest absolute Gasteiger partial charge is 0.573 e. The number of hydrogen-bond donors (Lipinski definition) is 1. The van der Waals surface area contributed by atoms with E-state index in [0.717, 1.165) is 17.7 Å². The summed E-state index contributed by atoms with van der Waals surface area (Å²) in [6, 6.07) is 12.1. The van der Waals surface area contributed by atoms with E-state index in [1.807, 2.05) is 37.3 Å². The molecule has 2 fully saturated rings. The lowest BCUT2D eigenvalue weighted by atomic mass is 9.76. The number of methoxy groups -OCH3 is 1. The van der Waals surface area contributed by atoms with Gasteiger partial charge in [0.25, 0.3) is 0 Å². The Labute approximate surface area is 199 Å². The first kappa shape index (κ1) is 23.2. The first-order chi connectivity index (χ1) is 16.6. The molecule has 2 amide bonds. The maximum absolute atomic E-state index is 13.5. The highest BCUT2D eigenvalue weighted by Gasteiger charge is 2.67. The van der Waals surface area contributed by atoms with Gasteiger partial charge in [-0.1, -0.05) is 24.3 Å². The number of fused-ring (bicyclic) bond motifs is 1. The predicted molar refractivity (Wildman–Crippen MR) is 119 cm³/mol. The van der Waals surface area contributed by atoms with Crippen molar-refractivity contribution in [2.24, 2.45) is 11.8 Å². The molecule has 3 aliphatic heterocycles. The van der Waals surface area contributed by atoms with E-state index in [9.17, 15) is 22.8 Å². The van der Waals surface area contributed by atoms with E-state index < -0.39 is 41.6 Å². The maximum atomic E-state index is 13.5. The predicted octanol–water partition coefficient (Wildman–Crippen LogP) is 4.08. The zero-order valence-corrected chi connectivity index (χ0v) is 18.9. The van der Waals surface area contributed by atoms with Crippen LogP contribution in [0.2, 0.25) is 0 Å². The molecule has 7 nitrogen and oxygen atoms in total. The number of anilines is 1. The maximum Gasteiger partial charge on any atom is 0.573 e. The van der Waals surface area contributed by atoms with E-state index >= 15 is 0 Å². The molecule has 1 spiro atoms. The molecule has 184 valence electrons. The number of rotatable bonds is 6. The number of carbonyl (C=O) groups excluding carboxylic acids is 2. The summed E-state index contributed by atoms with van der Waals surface area (Å²) in [7, 11) is 1.58. The first-order valence-electron chi connectivity index (χ1n) is 11.1. The van der Waals surface area contributed by atoms with Gasteiger partial charge >= 0.3 is 6.36 Å². The van der Waals surface area contributed by atoms with Gasteiger partial charge in [-0.25, -0.2) is 0 Å². The standard InChI is InChI=1S/C25H23F3N2O5/c1-14(15-3-7-17(33-2)8-4-15)30-13-24-12-11-19(35-24)20(21(24)23(30)32)22(31)29-16-5-9-18(10-6-16)34-25(26,27)28/h3-12,14,19-21H,13H2,1-2H3,(H,29,31)/t14-,19-,20-,21-,24-/m1/s1. The normalized spacial score (nSPS) is 27.6. The quantitative estimate of drug-likeness (QED) is 0.621. The summed E-state index contributed by atoms with van der Waals surface area (Å²) in [6.45, 7) is 2.25. The van der Waals surface area contributed by atoms with Crippen LogP contribution in [-0.4, -0.2) is 48.4 Å². The van der Waals surface area contributed by atoms with Crippen molar-refractivity contribution in [3.05, 3.63) is 66.2 Å². The fraction of sp³-hybridized carbons (Fsp3) is 0.360. The summed E-state index contributed by atoms with van der Waals surface area (Å²) in [6.07, 6.45) is -1.68. The number of amides is 2. The molecule has 35 heavy (non-hydrogen) atoms. The minimum Gasteiger partial charge on any atom is -0.497 e. The first-order valence-corrected chi connectivity index (χ1v) is 11.1. The third-order valence-electron chi connectivity index (χ3n) is 6.85. The van der Waals surface area contributed by atoms with Crippen molar-refractivity contribution in [3.8, 4) is 11.5 Å². The van der Waals surface area contributed by atoms with Crippen molar-refractivity contribution >= 4 is 17.5 Å². The van der Waals surface area contributed by atoms with Crippen molar-refractivity contribution < 1.29 is 37.0 Å². The Bertz CT molecular complexity index is 1170. The van der Waals surface area contributed by atoms with Gasteiger partial charge in [0.15, 0.2) is 0 Å². The molecule has 3 heterocycles. The second kappa shape index (κ2) is 8.30. The number of halogens is 3. The number of benzene rings is 2. The van der Waals surface area contributed by atoms with Crippen LogP contribution in [0.3, 0.4) is 0 Å². The summed E-state index contributed by atoms with van der Waals surface area (Å²) < 4.78 is 52.4. The van der Waals surface area contributed by atoms with E-state index in [1.165, 1.54) is 12.1 Å². The van der Waals surface area contributed by atoms with E-state index in [2.05, 4.69) is 10.1 Å². The van der Waals surface area contributed by atoms with Crippen molar-refractivity contribution in [1.82, 2.24) is 4.90 Å². The van der Waals surface area contributed by atoms with Gasteiger partial charge in [0, 0.05) is 5.69 Å². The topological polar surface area (TPSA) is 77.1 Å². The Hall–Kier alpha value is -3.53. The minimum absolute atomic E-state index is 0.172. The van der Waals surface area contributed by atoms with Crippen molar-refractivity contribution in [2.75, 3.05) is 19.0 Å². The molecular weight excluding hydrogens is 465 g/mol. The number of alkyl halides is 3. The van der Waals surface area contributed by atoms with Crippen molar-refractivity contribution in [1.29, 1.82) is 0 Å². The van der Waals surface area contributed by atoms with Crippen LogP contribution in [0.4, 0.5) is 18.9 Å². The Morgan fingerprint density at radius 3 is 2.43 bits per heavy atom. The van der Waals surface area contributed by atoms with Gasteiger partial charge in [0.05, 0.1) is 37.6 Å². The van der Waals surface area contributed by atoms with Crippen molar-refractivity contribution in [3.63, 3.8) is 0 Å². The molecule has 10 heteroatoms. The number of carbonyl (C=O) groups is 2. The van der Waals surface area contributed by atoms with E-state index in [4.69, 9.17) is 9.47 Å². The van der Waals surface area contributed by atoms with Crippen LogP contribution in [0.5, 0.6) is 11.5 Å². The lowest BCUT2D eigenvalue weighted by molar-refractivity contribution is -0.274. The van der Waals surface area contributed by atoms with Gasteiger partial charge in [-0.05, 0) is 48.9 Å². The Morgan fingerprint density at radius 2 is 1.80 bits per heavy atom. The van der Waals surface area contributed by atoms with Gasteiger partial charge in [0.1, 0.15) is 17.1 Å². The zero-order valence-electron chi connectivity index (χ0n) is 18.9. The van der Waals surface area contributed by atoms with Crippen LogP contribution in [0.1, 0.15) is 18.5 Å². The van der Waals surface area contributed by atoms with Crippen LogP contribution in [0.15, 0.2) is 60.7 Å². The van der Waals surface area contributed by atoms with Gasteiger partial charge in [0.2, 0.25) is 11.8 Å². The fourth-order valence-electron chi connectivity index (χ4n) is 5.18. The SMILES string of the molecule is COc1ccc([C@@H](C)N2C[C@@]34C=C[C@@H](O3)[C@@H](C(=O)Nc3ccc(OC(F)(F)F)cc3)[C@@H]4C2=O)cc1. The van der Waals surface area contributed by atoms with Gasteiger partial charge in [-0.15, -0.1) is 13.2 Å². The summed E-state index contributed by atoms with van der Waals surface area (Å²) in [5.74, 6) is -1.73. The van der Waals surface area contributed by atoms with Crippen molar-refractivity contribution in [2.45, 2.75) is 31.0 Å². The summed E-state index contributed by atoms with van der Waals surface area (Å²) >= 11 is 0. The third kappa shape index (κ3) is 4.12. The lowest BCUT2D eigenvalue weighted by Crippen LogP contribution is -2.41. The van der Waals surface area contributed by atoms with Gasteiger partial charge in [-0.2, -0.15) is 0 Å². The number of nitrogens with zero attached hydrogens (tertiary/aromatic N) is 1. The molecule has 3 aliphatic rings. The molecule has 0 saturated carbocycles. The van der Waals surface area contributed by atoms with Gasteiger partial charge in [-0.3, -0.25) is 9.59 Å². The minimum atomic E-state index is -4.80. The molecule has 0 unspecified atom stereocenters. The molecule has 2 bridgehead atoms. The Morgan fingerprint density at radius 1 is 1.14 bits per heavy atom. The van der Waals surface area contributed by atoms with E-state index in [0.29, 0.717) is 18.0 Å². The molecule has 5 atom stereocenters. The van der Waals surface area contributed by atoms with E-state index in [-0.39, 0.29) is 11.9 Å². The average Bonchev–Trinajstić information content (AvgIpc) is 3.47. The number of hydrogen-bond acceptors (Lipinski definition) is 5. The second-order valence-electron chi connectivity index (χ2n) is 8.88. The Kier molecular flexibility index (Phi) is 5.51. The van der Waals surface area contributed by atoms with Gasteiger partial charge < -0.3 is 24.4 Å². The monoisotopic (exact) mass is 488 g/mol. The fourth-order valence-corrected chi connectivity index (χ4v) is 5.18. The highest BCUT2D eigenvalue weighted by atomic mass is 19.4. The second-order valence-corrected chi connectivity index (χ2v) is 8.88. The average molecular weight is 488 g/mol. The highest BCUT2D eigenvalue weighted by molar-refractivity contribution is 5.99. The summed E-state index contributed by atoms with van der Waals surface area (Å²) in [4.78, 5) is 28.5. The summed E-state index contributed by atoms with van der Waals surface area (Å²) in [5.41, 5.74) is 0.338. The van der Waals surface area contributed by atoms with E-state index in [1.54, 1.807) is 18.1 Å². The summed E-state index contributed by atoms with van der Waals surface area (Å²) in [5, 5.41) is 2.70. The Balaban J connectivity index is 1.32. The molecule has 0 aromatic heterocycles. The molecular formula is C25H23F3N2O5. The number of nitrogens with one attached hydrogen (secondary N) is 1. The smallest absolute Gasteiger partial charge is 0.497 e. The van der Waals surface area contributed by atoms with Crippen LogP contribution in [0, 0.1) is 11.8 Å².